The highest BCUT2D eigenvalue weighted by atomic mass is 16.3. The van der Waals surface area contributed by atoms with Crippen molar-refractivity contribution in [1.82, 2.24) is 4.90 Å². The Kier molecular flexibility index (Phi) is 7.81. The Bertz CT molecular complexity index is 160. The van der Waals surface area contributed by atoms with E-state index in [2.05, 4.69) is 4.90 Å². The number of aliphatic hydroxyl groups excluding tert-OH is 2. The van der Waals surface area contributed by atoms with Gasteiger partial charge in [0.1, 0.15) is 0 Å². The first-order chi connectivity index (χ1) is 7.88. The molecule has 1 aliphatic rings. The predicted molar refractivity (Wildman–Crippen MR) is 66.5 cm³/mol. The van der Waals surface area contributed by atoms with Gasteiger partial charge in [-0.05, 0) is 38.6 Å². The summed E-state index contributed by atoms with van der Waals surface area (Å²) in [7, 11) is 0. The molecule has 0 spiro atoms. The second-order valence-electron chi connectivity index (χ2n) is 4.84. The third-order valence-electron chi connectivity index (χ3n) is 3.55. The molecule has 0 aromatic heterocycles. The average molecular weight is 229 g/mol. The number of aliphatic hydroxyl groups is 2. The van der Waals surface area contributed by atoms with Gasteiger partial charge < -0.3 is 15.1 Å². The molecule has 1 aliphatic carbocycles. The van der Waals surface area contributed by atoms with Gasteiger partial charge in [-0.15, -0.1) is 0 Å². The molecule has 1 fully saturated rings. The number of unbranched alkanes of at least 4 members (excludes halogenated alkanes) is 3. The molecule has 96 valence electrons. The number of rotatable bonds is 10. The smallest absolute Gasteiger partial charge is 0.0443 e. The molecule has 0 amide bonds. The minimum absolute atomic E-state index is 0.313. The molecule has 0 heterocycles. The Morgan fingerprint density at radius 1 is 0.812 bits per heavy atom. The summed E-state index contributed by atoms with van der Waals surface area (Å²) in [6.07, 6.45) is 9.54. The van der Waals surface area contributed by atoms with Crippen LogP contribution in [0.5, 0.6) is 0 Å². The highest BCUT2D eigenvalue weighted by molar-refractivity contribution is 4.79. The van der Waals surface area contributed by atoms with Crippen LogP contribution in [0.25, 0.3) is 0 Å². The largest absolute Gasteiger partial charge is 0.396 e. The van der Waals surface area contributed by atoms with Crippen molar-refractivity contribution >= 4 is 0 Å². The molecule has 1 saturated carbocycles. The van der Waals surface area contributed by atoms with E-state index in [9.17, 15) is 0 Å². The van der Waals surface area contributed by atoms with E-state index >= 15 is 0 Å². The first kappa shape index (κ1) is 13.9. The molecule has 0 bridgehead atoms. The van der Waals surface area contributed by atoms with Crippen LogP contribution in [0.4, 0.5) is 0 Å². The van der Waals surface area contributed by atoms with Crippen molar-refractivity contribution in [3.63, 3.8) is 0 Å². The summed E-state index contributed by atoms with van der Waals surface area (Å²) in [5, 5.41) is 17.6. The molecule has 16 heavy (non-hydrogen) atoms. The highest BCUT2D eigenvalue weighted by Crippen LogP contribution is 2.25. The van der Waals surface area contributed by atoms with Crippen LogP contribution in [0.1, 0.15) is 51.4 Å². The van der Waals surface area contributed by atoms with Gasteiger partial charge in [0.15, 0.2) is 0 Å². The monoisotopic (exact) mass is 229 g/mol. The van der Waals surface area contributed by atoms with Crippen molar-refractivity contribution in [2.24, 2.45) is 0 Å². The summed E-state index contributed by atoms with van der Waals surface area (Å²) in [6, 6.07) is 0.796. The van der Waals surface area contributed by atoms with Gasteiger partial charge in [0.05, 0.1) is 0 Å². The van der Waals surface area contributed by atoms with Gasteiger partial charge in [0.25, 0.3) is 0 Å². The van der Waals surface area contributed by atoms with Crippen LogP contribution in [0.15, 0.2) is 0 Å². The van der Waals surface area contributed by atoms with Crippen LogP contribution in [0.2, 0.25) is 0 Å². The van der Waals surface area contributed by atoms with Gasteiger partial charge in [-0.1, -0.05) is 19.3 Å². The Balaban J connectivity index is 2.06. The minimum Gasteiger partial charge on any atom is -0.396 e. The molecule has 2 N–H and O–H groups in total. The minimum atomic E-state index is 0.313. The topological polar surface area (TPSA) is 43.7 Å². The SMILES string of the molecule is OCCCCCCN(CCCO)C1CCC1. The van der Waals surface area contributed by atoms with Crippen LogP contribution in [0.3, 0.4) is 0 Å². The van der Waals surface area contributed by atoms with Gasteiger partial charge in [-0.3, -0.25) is 0 Å². The number of nitrogens with zero attached hydrogens (tertiary/aromatic N) is 1. The van der Waals surface area contributed by atoms with Crippen LogP contribution >= 0.6 is 0 Å². The van der Waals surface area contributed by atoms with Crippen molar-refractivity contribution in [2.45, 2.75) is 57.4 Å². The maximum atomic E-state index is 8.87. The van der Waals surface area contributed by atoms with Gasteiger partial charge >= 0.3 is 0 Å². The molecule has 0 aromatic carbocycles. The van der Waals surface area contributed by atoms with E-state index in [1.54, 1.807) is 0 Å². The fourth-order valence-corrected chi connectivity index (χ4v) is 2.28. The molecule has 1 rings (SSSR count). The fourth-order valence-electron chi connectivity index (χ4n) is 2.28. The maximum absolute atomic E-state index is 8.87. The van der Waals surface area contributed by atoms with Crippen molar-refractivity contribution in [1.29, 1.82) is 0 Å². The van der Waals surface area contributed by atoms with E-state index in [1.807, 2.05) is 0 Å². The van der Waals surface area contributed by atoms with Crippen LogP contribution < -0.4 is 0 Å². The van der Waals surface area contributed by atoms with Gasteiger partial charge in [0, 0.05) is 25.8 Å². The van der Waals surface area contributed by atoms with E-state index in [-0.39, 0.29) is 0 Å². The highest BCUT2D eigenvalue weighted by Gasteiger charge is 2.23. The van der Waals surface area contributed by atoms with Crippen molar-refractivity contribution < 1.29 is 10.2 Å². The quantitative estimate of drug-likeness (QED) is 0.561. The van der Waals surface area contributed by atoms with Crippen LogP contribution in [0, 0.1) is 0 Å². The van der Waals surface area contributed by atoms with E-state index in [0.717, 1.165) is 31.8 Å². The molecule has 0 saturated heterocycles. The van der Waals surface area contributed by atoms with E-state index < -0.39 is 0 Å². The third kappa shape index (κ3) is 5.28. The Labute approximate surface area is 99.5 Å². The molecule has 0 radical (unpaired) electrons. The summed E-state index contributed by atoms with van der Waals surface area (Å²) >= 11 is 0. The first-order valence-corrected chi connectivity index (χ1v) is 6.84. The van der Waals surface area contributed by atoms with Crippen molar-refractivity contribution in [2.75, 3.05) is 26.3 Å². The fraction of sp³-hybridized carbons (Fsp3) is 1.00. The van der Waals surface area contributed by atoms with Crippen LogP contribution in [-0.2, 0) is 0 Å². The Morgan fingerprint density at radius 3 is 2.00 bits per heavy atom. The Hall–Kier alpha value is -0.120. The predicted octanol–water partition coefficient (Wildman–Crippen LogP) is 1.78. The first-order valence-electron chi connectivity index (χ1n) is 6.84. The number of hydrogen-bond donors (Lipinski definition) is 2. The maximum Gasteiger partial charge on any atom is 0.0443 e. The number of hydrogen-bond acceptors (Lipinski definition) is 3. The molecule has 0 atom stereocenters. The van der Waals surface area contributed by atoms with Crippen molar-refractivity contribution in [3.8, 4) is 0 Å². The lowest BCUT2D eigenvalue weighted by molar-refractivity contribution is 0.114. The molecule has 0 unspecified atom stereocenters. The van der Waals surface area contributed by atoms with Crippen molar-refractivity contribution in [3.05, 3.63) is 0 Å². The van der Waals surface area contributed by atoms with Gasteiger partial charge in [-0.25, -0.2) is 0 Å². The lowest BCUT2D eigenvalue weighted by atomic mass is 9.91. The zero-order chi connectivity index (χ0) is 11.6. The molecule has 0 aliphatic heterocycles. The van der Waals surface area contributed by atoms with E-state index in [4.69, 9.17) is 10.2 Å². The second kappa shape index (κ2) is 8.97. The zero-order valence-electron chi connectivity index (χ0n) is 10.4. The molecule has 3 nitrogen and oxygen atoms in total. The summed E-state index contributed by atoms with van der Waals surface area (Å²) in [5.74, 6) is 0. The zero-order valence-corrected chi connectivity index (χ0v) is 10.4. The Morgan fingerprint density at radius 2 is 1.44 bits per heavy atom. The van der Waals surface area contributed by atoms with E-state index in [0.29, 0.717) is 13.2 Å². The summed E-state index contributed by atoms with van der Waals surface area (Å²) in [4.78, 5) is 2.55. The molecule has 0 aromatic rings. The standard InChI is InChI=1S/C13H27NO2/c15-11-4-2-1-3-9-14(10-6-12-16)13-7-5-8-13/h13,15-16H,1-12H2. The van der Waals surface area contributed by atoms with Gasteiger partial charge in [0.2, 0.25) is 0 Å². The molecule has 3 heteroatoms. The summed E-state index contributed by atoms with van der Waals surface area (Å²) < 4.78 is 0. The van der Waals surface area contributed by atoms with E-state index in [1.165, 1.54) is 38.6 Å². The lowest BCUT2D eigenvalue weighted by Gasteiger charge is -2.37. The lowest BCUT2D eigenvalue weighted by Crippen LogP contribution is -2.41. The molecular weight excluding hydrogens is 202 g/mol. The average Bonchev–Trinajstić information content (AvgIpc) is 2.22. The summed E-state index contributed by atoms with van der Waals surface area (Å²) in [5.41, 5.74) is 0. The molecular formula is C13H27NO2. The second-order valence-corrected chi connectivity index (χ2v) is 4.84. The normalized spacial score (nSPS) is 16.7. The van der Waals surface area contributed by atoms with Gasteiger partial charge in [-0.2, -0.15) is 0 Å². The third-order valence-corrected chi connectivity index (χ3v) is 3.55. The van der Waals surface area contributed by atoms with Crippen LogP contribution in [-0.4, -0.2) is 47.5 Å². The summed E-state index contributed by atoms with van der Waals surface area (Å²) in [6.45, 7) is 2.88.